The van der Waals surface area contributed by atoms with Crippen LogP contribution < -0.4 is 10.6 Å². The highest BCUT2D eigenvalue weighted by molar-refractivity contribution is 5.48. The van der Waals surface area contributed by atoms with Crippen LogP contribution in [0.4, 0.5) is 5.69 Å². The van der Waals surface area contributed by atoms with Crippen LogP contribution in [0.2, 0.25) is 0 Å². The summed E-state index contributed by atoms with van der Waals surface area (Å²) in [6, 6.07) is 17.4. The SMILES string of the molecule is Cc1ccc(N(CCCN)Cc2cccc(C)c2)cc1. The Morgan fingerprint density at radius 3 is 2.35 bits per heavy atom. The van der Waals surface area contributed by atoms with E-state index in [9.17, 15) is 0 Å². The van der Waals surface area contributed by atoms with Gasteiger partial charge in [-0.2, -0.15) is 0 Å². The van der Waals surface area contributed by atoms with Crippen LogP contribution in [-0.4, -0.2) is 13.1 Å². The van der Waals surface area contributed by atoms with Crippen LogP contribution in [0.3, 0.4) is 0 Å². The molecule has 0 aromatic heterocycles. The second-order valence-corrected chi connectivity index (χ2v) is 5.39. The zero-order valence-corrected chi connectivity index (χ0v) is 12.5. The number of hydrogen-bond donors (Lipinski definition) is 1. The Bertz CT molecular complexity index is 531. The maximum absolute atomic E-state index is 5.67. The first-order chi connectivity index (χ1) is 9.69. The van der Waals surface area contributed by atoms with E-state index in [1.54, 1.807) is 0 Å². The minimum atomic E-state index is 0.732. The van der Waals surface area contributed by atoms with E-state index < -0.39 is 0 Å². The van der Waals surface area contributed by atoms with Gasteiger partial charge in [-0.1, -0.05) is 47.5 Å². The van der Waals surface area contributed by atoms with E-state index in [-0.39, 0.29) is 0 Å². The van der Waals surface area contributed by atoms with Crippen LogP contribution in [-0.2, 0) is 6.54 Å². The molecule has 0 fully saturated rings. The van der Waals surface area contributed by atoms with Gasteiger partial charge < -0.3 is 10.6 Å². The third-order valence-electron chi connectivity index (χ3n) is 3.49. The first kappa shape index (κ1) is 14.6. The fourth-order valence-corrected chi connectivity index (χ4v) is 2.37. The summed E-state index contributed by atoms with van der Waals surface area (Å²) < 4.78 is 0. The van der Waals surface area contributed by atoms with Crippen molar-refractivity contribution in [2.45, 2.75) is 26.8 Å². The van der Waals surface area contributed by atoms with E-state index in [1.807, 2.05) is 0 Å². The zero-order chi connectivity index (χ0) is 14.4. The molecule has 2 rings (SSSR count). The molecule has 2 aromatic carbocycles. The van der Waals surface area contributed by atoms with Crippen molar-refractivity contribution in [3.05, 3.63) is 65.2 Å². The van der Waals surface area contributed by atoms with Crippen LogP contribution in [0.25, 0.3) is 0 Å². The number of aryl methyl sites for hydroxylation is 2. The van der Waals surface area contributed by atoms with Gasteiger partial charge in [0.2, 0.25) is 0 Å². The summed E-state index contributed by atoms with van der Waals surface area (Å²) in [5.74, 6) is 0. The van der Waals surface area contributed by atoms with Gasteiger partial charge >= 0.3 is 0 Å². The van der Waals surface area contributed by atoms with Crippen molar-refractivity contribution in [1.82, 2.24) is 0 Å². The Morgan fingerprint density at radius 2 is 1.70 bits per heavy atom. The maximum Gasteiger partial charge on any atom is 0.0429 e. The Morgan fingerprint density at radius 1 is 0.950 bits per heavy atom. The van der Waals surface area contributed by atoms with Gasteiger partial charge in [0.1, 0.15) is 0 Å². The molecule has 0 aliphatic heterocycles. The molecule has 2 nitrogen and oxygen atoms in total. The minimum absolute atomic E-state index is 0.732. The van der Waals surface area contributed by atoms with Gasteiger partial charge in [-0.25, -0.2) is 0 Å². The molecule has 0 aliphatic carbocycles. The molecule has 2 heteroatoms. The predicted molar refractivity (Wildman–Crippen MR) is 87.1 cm³/mol. The van der Waals surface area contributed by atoms with Crippen molar-refractivity contribution in [2.24, 2.45) is 5.73 Å². The van der Waals surface area contributed by atoms with Crippen molar-refractivity contribution >= 4 is 5.69 Å². The predicted octanol–water partition coefficient (Wildman–Crippen LogP) is 3.66. The molecule has 0 bridgehead atoms. The molecule has 20 heavy (non-hydrogen) atoms. The molecule has 106 valence electrons. The Hall–Kier alpha value is -1.80. The largest absolute Gasteiger partial charge is 0.367 e. The molecule has 0 radical (unpaired) electrons. The molecule has 0 heterocycles. The van der Waals surface area contributed by atoms with E-state index in [4.69, 9.17) is 5.73 Å². The lowest BCUT2D eigenvalue weighted by atomic mass is 10.1. The van der Waals surface area contributed by atoms with Crippen LogP contribution in [0.5, 0.6) is 0 Å². The molecule has 0 unspecified atom stereocenters. The molecule has 0 amide bonds. The zero-order valence-electron chi connectivity index (χ0n) is 12.5. The minimum Gasteiger partial charge on any atom is -0.367 e. The van der Waals surface area contributed by atoms with Crippen molar-refractivity contribution in [3.8, 4) is 0 Å². The lowest BCUT2D eigenvalue weighted by Crippen LogP contribution is -2.25. The van der Waals surface area contributed by atoms with Gasteiger partial charge in [0.15, 0.2) is 0 Å². The summed E-state index contributed by atoms with van der Waals surface area (Å²) in [5, 5.41) is 0. The third kappa shape index (κ3) is 4.10. The molecule has 0 saturated heterocycles. The van der Waals surface area contributed by atoms with Crippen LogP contribution in [0, 0.1) is 13.8 Å². The summed E-state index contributed by atoms with van der Waals surface area (Å²) >= 11 is 0. The van der Waals surface area contributed by atoms with Gasteiger partial charge in [0, 0.05) is 18.8 Å². The fraction of sp³-hybridized carbons (Fsp3) is 0.333. The van der Waals surface area contributed by atoms with Crippen molar-refractivity contribution in [3.63, 3.8) is 0 Å². The van der Waals surface area contributed by atoms with Crippen molar-refractivity contribution in [2.75, 3.05) is 18.0 Å². The van der Waals surface area contributed by atoms with Gasteiger partial charge in [-0.15, -0.1) is 0 Å². The third-order valence-corrected chi connectivity index (χ3v) is 3.49. The monoisotopic (exact) mass is 268 g/mol. The number of benzene rings is 2. The van der Waals surface area contributed by atoms with Crippen molar-refractivity contribution in [1.29, 1.82) is 0 Å². The summed E-state index contributed by atoms with van der Waals surface area (Å²) in [7, 11) is 0. The molecule has 0 spiro atoms. The number of nitrogens with zero attached hydrogens (tertiary/aromatic N) is 1. The van der Waals surface area contributed by atoms with Crippen LogP contribution in [0.1, 0.15) is 23.1 Å². The second-order valence-electron chi connectivity index (χ2n) is 5.39. The first-order valence-corrected chi connectivity index (χ1v) is 7.26. The lowest BCUT2D eigenvalue weighted by Gasteiger charge is -2.25. The summed E-state index contributed by atoms with van der Waals surface area (Å²) in [5.41, 5.74) is 10.9. The van der Waals surface area contributed by atoms with Gasteiger partial charge in [-0.05, 0) is 44.5 Å². The molecule has 0 aliphatic rings. The first-order valence-electron chi connectivity index (χ1n) is 7.26. The van der Waals surface area contributed by atoms with Crippen molar-refractivity contribution < 1.29 is 0 Å². The average Bonchev–Trinajstić information content (AvgIpc) is 2.44. The average molecular weight is 268 g/mol. The van der Waals surface area contributed by atoms with E-state index >= 15 is 0 Å². The molecular formula is C18H24N2. The standard InChI is InChI=1S/C18H24N2/c1-15-7-9-18(10-8-15)20(12-4-11-19)14-17-6-3-5-16(2)13-17/h3,5-10,13H,4,11-12,14,19H2,1-2H3. The van der Waals surface area contributed by atoms with Crippen LogP contribution >= 0.6 is 0 Å². The Balaban J connectivity index is 2.16. The van der Waals surface area contributed by atoms with Crippen LogP contribution in [0.15, 0.2) is 48.5 Å². The number of anilines is 1. The summed E-state index contributed by atoms with van der Waals surface area (Å²) in [4.78, 5) is 2.40. The number of nitrogens with two attached hydrogens (primary N) is 1. The highest BCUT2D eigenvalue weighted by Crippen LogP contribution is 2.18. The molecule has 2 N–H and O–H groups in total. The number of rotatable bonds is 6. The van der Waals surface area contributed by atoms with Gasteiger partial charge in [0.05, 0.1) is 0 Å². The normalized spacial score (nSPS) is 10.6. The Labute approximate surface area is 122 Å². The molecule has 2 aromatic rings. The highest BCUT2D eigenvalue weighted by Gasteiger charge is 2.07. The second kappa shape index (κ2) is 7.11. The maximum atomic E-state index is 5.67. The van der Waals surface area contributed by atoms with Gasteiger partial charge in [0.25, 0.3) is 0 Å². The molecular weight excluding hydrogens is 244 g/mol. The fourth-order valence-electron chi connectivity index (χ4n) is 2.37. The molecule has 0 atom stereocenters. The summed E-state index contributed by atoms with van der Waals surface area (Å²) in [6.07, 6.45) is 1.01. The quantitative estimate of drug-likeness (QED) is 0.866. The topological polar surface area (TPSA) is 29.3 Å². The van der Waals surface area contributed by atoms with Gasteiger partial charge in [-0.3, -0.25) is 0 Å². The Kier molecular flexibility index (Phi) is 5.19. The number of hydrogen-bond acceptors (Lipinski definition) is 2. The molecule has 0 saturated carbocycles. The van der Waals surface area contributed by atoms with E-state index in [2.05, 4.69) is 67.3 Å². The smallest absolute Gasteiger partial charge is 0.0429 e. The van der Waals surface area contributed by atoms with E-state index in [1.165, 1.54) is 22.4 Å². The van der Waals surface area contributed by atoms with E-state index in [0.29, 0.717) is 0 Å². The summed E-state index contributed by atoms with van der Waals surface area (Å²) in [6.45, 7) is 6.92. The lowest BCUT2D eigenvalue weighted by molar-refractivity contribution is 0.735. The highest BCUT2D eigenvalue weighted by atomic mass is 15.1. The van der Waals surface area contributed by atoms with E-state index in [0.717, 1.165) is 26.1 Å².